The molecule has 0 N–H and O–H groups in total. The van der Waals surface area contributed by atoms with Gasteiger partial charge in [-0.25, -0.2) is 5.06 Å². The lowest BCUT2D eigenvalue weighted by molar-refractivity contribution is 0.189. The van der Waals surface area contributed by atoms with Crippen molar-refractivity contribution in [1.29, 1.82) is 0 Å². The lowest BCUT2D eigenvalue weighted by atomic mass is 10.0. The van der Waals surface area contributed by atoms with Gasteiger partial charge < -0.3 is 0 Å². The predicted molar refractivity (Wildman–Crippen MR) is 83.2 cm³/mol. The van der Waals surface area contributed by atoms with Gasteiger partial charge >= 0.3 is 0 Å². The normalized spacial score (nSPS) is 14.2. The van der Waals surface area contributed by atoms with E-state index in [1.165, 1.54) is 11.1 Å². The molecular weight excluding hydrogens is 246 g/mol. The molecule has 1 aliphatic heterocycles. The number of benzene rings is 2. The maximum Gasteiger partial charge on any atom is 0.0730 e. The van der Waals surface area contributed by atoms with Crippen LogP contribution >= 0.6 is 0 Å². The molecule has 3 rings (SSSR count). The van der Waals surface area contributed by atoms with Crippen LogP contribution in [0.1, 0.15) is 11.1 Å². The summed E-state index contributed by atoms with van der Waals surface area (Å²) in [5, 5.41) is 1.87. The maximum absolute atomic E-state index is 5.53. The molecule has 1 heterocycles. The Morgan fingerprint density at radius 2 is 1.70 bits per heavy atom. The van der Waals surface area contributed by atoms with Crippen molar-refractivity contribution >= 4 is 11.8 Å². The summed E-state index contributed by atoms with van der Waals surface area (Å²) in [5.41, 5.74) is 4.65. The minimum absolute atomic E-state index is 0.935. The molecule has 0 unspecified atom stereocenters. The lowest BCUT2D eigenvalue weighted by Gasteiger charge is -2.28. The highest BCUT2D eigenvalue weighted by Gasteiger charge is 2.17. The zero-order valence-electron chi connectivity index (χ0n) is 11.5. The van der Waals surface area contributed by atoms with Crippen molar-refractivity contribution in [2.75, 3.05) is 12.2 Å². The lowest BCUT2D eigenvalue weighted by Crippen LogP contribution is -2.24. The summed E-state index contributed by atoms with van der Waals surface area (Å²) in [6.07, 6.45) is 7.32. The molecule has 0 amide bonds. The molecule has 0 spiro atoms. The summed E-state index contributed by atoms with van der Waals surface area (Å²) in [6, 6.07) is 18.6. The topological polar surface area (TPSA) is 12.5 Å². The number of para-hydroxylation sites is 1. The molecular formula is C18H17NO. The van der Waals surface area contributed by atoms with Gasteiger partial charge in [-0.15, -0.1) is 0 Å². The summed E-state index contributed by atoms with van der Waals surface area (Å²) in [5.74, 6) is 0. The SMILES string of the molecule is CON1C(C=Cc2ccccc2)=CCc2ccccc21. The zero-order chi connectivity index (χ0) is 13.8. The van der Waals surface area contributed by atoms with Crippen molar-refractivity contribution in [3.05, 3.63) is 83.6 Å². The van der Waals surface area contributed by atoms with E-state index in [0.717, 1.165) is 17.8 Å². The van der Waals surface area contributed by atoms with Crippen LogP contribution in [0.3, 0.4) is 0 Å². The maximum atomic E-state index is 5.53. The highest BCUT2D eigenvalue weighted by atomic mass is 16.7. The molecule has 2 aromatic rings. The number of fused-ring (bicyclic) bond motifs is 1. The van der Waals surface area contributed by atoms with Gasteiger partial charge in [0.2, 0.25) is 0 Å². The molecule has 0 saturated heterocycles. The number of hydrogen-bond acceptors (Lipinski definition) is 2. The molecule has 0 aromatic heterocycles. The van der Waals surface area contributed by atoms with Gasteiger partial charge in [-0.05, 0) is 29.7 Å². The average molecular weight is 263 g/mol. The molecule has 0 aliphatic carbocycles. The van der Waals surface area contributed by atoms with E-state index < -0.39 is 0 Å². The van der Waals surface area contributed by atoms with Gasteiger partial charge in [-0.2, -0.15) is 0 Å². The molecule has 20 heavy (non-hydrogen) atoms. The van der Waals surface area contributed by atoms with Gasteiger partial charge in [0.25, 0.3) is 0 Å². The number of anilines is 1. The number of nitrogens with zero attached hydrogens (tertiary/aromatic N) is 1. The van der Waals surface area contributed by atoms with Gasteiger partial charge in [-0.1, -0.05) is 60.7 Å². The van der Waals surface area contributed by atoms with Crippen molar-refractivity contribution in [3.63, 3.8) is 0 Å². The van der Waals surface area contributed by atoms with Gasteiger partial charge in [-0.3, -0.25) is 4.84 Å². The van der Waals surface area contributed by atoms with E-state index in [1.807, 2.05) is 29.3 Å². The zero-order valence-corrected chi connectivity index (χ0v) is 11.5. The second-order valence-corrected chi connectivity index (χ2v) is 4.68. The van der Waals surface area contributed by atoms with Crippen molar-refractivity contribution in [1.82, 2.24) is 0 Å². The Morgan fingerprint density at radius 1 is 0.950 bits per heavy atom. The summed E-state index contributed by atoms with van der Waals surface area (Å²) < 4.78 is 0. The molecule has 2 aromatic carbocycles. The monoisotopic (exact) mass is 263 g/mol. The fourth-order valence-electron chi connectivity index (χ4n) is 2.40. The summed E-state index contributed by atoms with van der Waals surface area (Å²) >= 11 is 0. The van der Waals surface area contributed by atoms with Gasteiger partial charge in [0.15, 0.2) is 0 Å². The van der Waals surface area contributed by atoms with E-state index in [9.17, 15) is 0 Å². The van der Waals surface area contributed by atoms with Crippen molar-refractivity contribution < 1.29 is 4.84 Å². The van der Waals surface area contributed by atoms with Crippen LogP contribution in [0.15, 0.2) is 72.4 Å². The molecule has 100 valence electrons. The quantitative estimate of drug-likeness (QED) is 0.822. The highest BCUT2D eigenvalue weighted by molar-refractivity contribution is 5.64. The Bertz CT molecular complexity index is 643. The van der Waals surface area contributed by atoms with Crippen LogP contribution in [0.4, 0.5) is 5.69 Å². The van der Waals surface area contributed by atoms with Crippen LogP contribution in [0.5, 0.6) is 0 Å². The number of rotatable bonds is 3. The standard InChI is InChI=1S/C18H17NO/c1-20-19-17(13-11-15-7-3-2-4-8-15)14-12-16-9-5-6-10-18(16)19/h2-11,13-14H,12H2,1H3. The second kappa shape index (κ2) is 5.76. The van der Waals surface area contributed by atoms with Crippen LogP contribution in [-0.4, -0.2) is 7.11 Å². The van der Waals surface area contributed by atoms with Gasteiger partial charge in [0, 0.05) is 0 Å². The average Bonchev–Trinajstić information content (AvgIpc) is 2.53. The van der Waals surface area contributed by atoms with E-state index in [-0.39, 0.29) is 0 Å². The van der Waals surface area contributed by atoms with E-state index >= 15 is 0 Å². The van der Waals surface area contributed by atoms with Crippen LogP contribution in [0.2, 0.25) is 0 Å². The van der Waals surface area contributed by atoms with Crippen LogP contribution in [-0.2, 0) is 11.3 Å². The third-order valence-electron chi connectivity index (χ3n) is 3.40. The molecule has 0 fully saturated rings. The molecule has 0 bridgehead atoms. The first-order chi connectivity index (χ1) is 9.88. The fourth-order valence-corrected chi connectivity index (χ4v) is 2.40. The minimum atomic E-state index is 0.935. The van der Waals surface area contributed by atoms with Crippen LogP contribution < -0.4 is 5.06 Å². The minimum Gasteiger partial charge on any atom is -0.272 e. The number of hydroxylamine groups is 1. The van der Waals surface area contributed by atoms with Crippen molar-refractivity contribution in [2.45, 2.75) is 6.42 Å². The first-order valence-corrected chi connectivity index (χ1v) is 6.74. The second-order valence-electron chi connectivity index (χ2n) is 4.68. The van der Waals surface area contributed by atoms with Crippen molar-refractivity contribution in [3.8, 4) is 0 Å². The predicted octanol–water partition coefficient (Wildman–Crippen LogP) is 4.21. The van der Waals surface area contributed by atoms with Crippen LogP contribution in [0, 0.1) is 0 Å². The molecule has 2 heteroatoms. The van der Waals surface area contributed by atoms with Crippen LogP contribution in [0.25, 0.3) is 6.08 Å². The third kappa shape index (κ3) is 2.51. The van der Waals surface area contributed by atoms with Gasteiger partial charge in [0.1, 0.15) is 0 Å². The Kier molecular flexibility index (Phi) is 3.66. The molecule has 2 nitrogen and oxygen atoms in total. The van der Waals surface area contributed by atoms with E-state index in [0.29, 0.717) is 0 Å². The first-order valence-electron chi connectivity index (χ1n) is 6.74. The summed E-state index contributed by atoms with van der Waals surface area (Å²) in [6.45, 7) is 0. The number of hydrogen-bond donors (Lipinski definition) is 0. The smallest absolute Gasteiger partial charge is 0.0730 e. The Hall–Kier alpha value is -2.32. The molecule has 0 radical (unpaired) electrons. The Morgan fingerprint density at radius 3 is 2.50 bits per heavy atom. The Balaban J connectivity index is 1.88. The first kappa shape index (κ1) is 12.7. The largest absolute Gasteiger partial charge is 0.272 e. The summed E-state index contributed by atoms with van der Waals surface area (Å²) in [7, 11) is 1.70. The van der Waals surface area contributed by atoms with Gasteiger partial charge in [0.05, 0.1) is 18.5 Å². The number of allylic oxidation sites excluding steroid dienone is 2. The summed E-state index contributed by atoms with van der Waals surface area (Å²) in [4.78, 5) is 5.53. The molecule has 0 atom stereocenters. The molecule has 1 aliphatic rings. The van der Waals surface area contributed by atoms with E-state index in [1.54, 1.807) is 7.11 Å². The fraction of sp³-hybridized carbons (Fsp3) is 0.111. The van der Waals surface area contributed by atoms with Crippen molar-refractivity contribution in [2.24, 2.45) is 0 Å². The Labute approximate surface area is 119 Å². The third-order valence-corrected chi connectivity index (χ3v) is 3.40. The molecule has 0 saturated carbocycles. The van der Waals surface area contributed by atoms with E-state index in [4.69, 9.17) is 4.84 Å². The van der Waals surface area contributed by atoms with E-state index in [2.05, 4.69) is 48.6 Å². The highest BCUT2D eigenvalue weighted by Crippen LogP contribution is 2.30.